The van der Waals surface area contributed by atoms with Crippen molar-refractivity contribution in [3.05, 3.63) is 128 Å². The molecular formula is C36H36BrCl2N3O4S. The number of nitrogens with zero attached hydrogens (tertiary/aromatic N) is 2. The number of sulfonamides is 1. The smallest absolute Gasteiger partial charge is 0.264 e. The maximum atomic E-state index is 14.7. The fourth-order valence-electron chi connectivity index (χ4n) is 5.78. The van der Waals surface area contributed by atoms with Crippen LogP contribution in [0, 0.1) is 6.92 Å². The summed E-state index contributed by atoms with van der Waals surface area (Å²) in [6.07, 6.45) is 4.04. The number of carbonyl (C=O) groups excluding carboxylic acids is 2. The van der Waals surface area contributed by atoms with E-state index >= 15 is 0 Å². The number of benzene rings is 4. The molecule has 0 saturated heterocycles. The van der Waals surface area contributed by atoms with Gasteiger partial charge >= 0.3 is 0 Å². The highest BCUT2D eigenvalue weighted by molar-refractivity contribution is 9.10. The van der Waals surface area contributed by atoms with E-state index in [2.05, 4.69) is 21.2 Å². The van der Waals surface area contributed by atoms with Gasteiger partial charge in [-0.1, -0.05) is 112 Å². The molecule has 1 atom stereocenters. The number of rotatable bonds is 12. The molecule has 4 aromatic rings. The van der Waals surface area contributed by atoms with E-state index in [1.807, 2.05) is 61.5 Å². The zero-order valence-corrected chi connectivity index (χ0v) is 29.8. The van der Waals surface area contributed by atoms with Crippen LogP contribution in [0.5, 0.6) is 0 Å². The van der Waals surface area contributed by atoms with Gasteiger partial charge in [-0.15, -0.1) is 0 Å². The third kappa shape index (κ3) is 8.96. The van der Waals surface area contributed by atoms with Crippen molar-refractivity contribution in [2.45, 2.75) is 62.6 Å². The Balaban J connectivity index is 1.59. The van der Waals surface area contributed by atoms with Gasteiger partial charge < -0.3 is 10.2 Å². The van der Waals surface area contributed by atoms with E-state index in [0.29, 0.717) is 0 Å². The second-order valence-corrected chi connectivity index (χ2v) is 15.4. The Morgan fingerprint density at radius 2 is 1.57 bits per heavy atom. The highest BCUT2D eigenvalue weighted by atomic mass is 79.9. The summed E-state index contributed by atoms with van der Waals surface area (Å²) in [5, 5.41) is 3.54. The molecule has 0 unspecified atom stereocenters. The van der Waals surface area contributed by atoms with Crippen LogP contribution in [-0.4, -0.2) is 43.8 Å². The van der Waals surface area contributed by atoms with E-state index in [1.165, 1.54) is 29.2 Å². The van der Waals surface area contributed by atoms with Crippen LogP contribution in [0.1, 0.15) is 42.4 Å². The van der Waals surface area contributed by atoms with Gasteiger partial charge in [-0.05, 0) is 73.4 Å². The number of aryl methyl sites for hydroxylation is 1. The zero-order chi connectivity index (χ0) is 33.6. The molecule has 47 heavy (non-hydrogen) atoms. The lowest BCUT2D eigenvalue weighted by atomic mass is 10.0. The fourth-order valence-corrected chi connectivity index (χ4v) is 8.09. The van der Waals surface area contributed by atoms with Crippen molar-refractivity contribution < 1.29 is 18.0 Å². The Morgan fingerprint density at radius 3 is 2.26 bits per heavy atom. The topological polar surface area (TPSA) is 86.8 Å². The molecule has 11 heteroatoms. The number of halogens is 3. The average molecular weight is 758 g/mol. The molecule has 0 heterocycles. The van der Waals surface area contributed by atoms with Gasteiger partial charge in [0.05, 0.1) is 15.6 Å². The van der Waals surface area contributed by atoms with Gasteiger partial charge in [0.25, 0.3) is 10.0 Å². The lowest BCUT2D eigenvalue weighted by molar-refractivity contribution is -0.140. The van der Waals surface area contributed by atoms with Gasteiger partial charge in [0.15, 0.2) is 0 Å². The standard InChI is InChI=1S/C36H36BrCl2N3O4S/c1-25-14-17-31(18-15-25)47(45,46)42(33-22-29(38)16-19-32(33)39)24-35(43)41(23-27-10-7-11-28(37)20-27)34(21-26-8-3-2-4-9-26)36(44)40-30-12-5-6-13-30/h2-4,7-11,14-20,22,30,34H,5-6,12-13,21,23-24H2,1H3,(H,40,44)/t34-/m0/s1. The van der Waals surface area contributed by atoms with Gasteiger partial charge in [0.1, 0.15) is 12.6 Å². The molecule has 5 rings (SSSR count). The molecule has 0 radical (unpaired) electrons. The highest BCUT2D eigenvalue weighted by Crippen LogP contribution is 2.33. The van der Waals surface area contributed by atoms with E-state index in [1.54, 1.807) is 18.2 Å². The third-order valence-corrected chi connectivity index (χ3v) is 11.1. The predicted molar refractivity (Wildman–Crippen MR) is 191 cm³/mol. The number of hydrogen-bond acceptors (Lipinski definition) is 4. The normalized spacial score (nSPS) is 14.0. The molecule has 0 bridgehead atoms. The Hall–Kier alpha value is -3.37. The van der Waals surface area contributed by atoms with Crippen molar-refractivity contribution in [2.75, 3.05) is 10.8 Å². The number of carbonyl (C=O) groups is 2. The van der Waals surface area contributed by atoms with Crippen LogP contribution < -0.4 is 9.62 Å². The first-order valence-electron chi connectivity index (χ1n) is 15.4. The molecule has 1 aliphatic rings. The van der Waals surface area contributed by atoms with Crippen molar-refractivity contribution >= 4 is 66.7 Å². The quantitative estimate of drug-likeness (QED) is 0.159. The summed E-state index contributed by atoms with van der Waals surface area (Å²) in [5.74, 6) is -0.850. The van der Waals surface area contributed by atoms with Crippen molar-refractivity contribution in [3.8, 4) is 0 Å². The van der Waals surface area contributed by atoms with E-state index < -0.39 is 28.5 Å². The van der Waals surface area contributed by atoms with E-state index in [9.17, 15) is 18.0 Å². The molecule has 246 valence electrons. The maximum absolute atomic E-state index is 14.7. The molecular weight excluding hydrogens is 721 g/mol. The minimum absolute atomic E-state index is 0.00899. The molecule has 1 N–H and O–H groups in total. The molecule has 0 spiro atoms. The van der Waals surface area contributed by atoms with E-state index in [0.717, 1.165) is 51.2 Å². The van der Waals surface area contributed by atoms with Crippen LogP contribution >= 0.6 is 39.1 Å². The first-order chi connectivity index (χ1) is 22.5. The van der Waals surface area contributed by atoms with Crippen LogP contribution in [0.3, 0.4) is 0 Å². The molecule has 7 nitrogen and oxygen atoms in total. The first kappa shape index (κ1) is 35.0. The molecule has 4 aromatic carbocycles. The molecule has 1 aliphatic carbocycles. The summed E-state index contributed by atoms with van der Waals surface area (Å²) in [7, 11) is -4.31. The van der Waals surface area contributed by atoms with Crippen LogP contribution in [0.4, 0.5) is 5.69 Å². The Morgan fingerprint density at radius 1 is 0.894 bits per heavy atom. The summed E-state index contributed by atoms with van der Waals surface area (Å²) in [6, 6.07) is 26.9. The van der Waals surface area contributed by atoms with Crippen LogP contribution in [-0.2, 0) is 32.6 Å². The van der Waals surface area contributed by atoms with Crippen molar-refractivity contribution in [1.29, 1.82) is 0 Å². The second kappa shape index (κ2) is 15.7. The van der Waals surface area contributed by atoms with Gasteiger partial charge in [-0.2, -0.15) is 0 Å². The minimum Gasteiger partial charge on any atom is -0.352 e. The van der Waals surface area contributed by atoms with E-state index in [4.69, 9.17) is 23.2 Å². The Labute approximate surface area is 295 Å². The minimum atomic E-state index is -4.31. The average Bonchev–Trinajstić information content (AvgIpc) is 3.56. The van der Waals surface area contributed by atoms with Gasteiger partial charge in [0.2, 0.25) is 11.8 Å². The molecule has 2 amide bonds. The van der Waals surface area contributed by atoms with Crippen LogP contribution in [0.15, 0.2) is 106 Å². The fraction of sp³-hybridized carbons (Fsp3) is 0.278. The molecule has 1 saturated carbocycles. The summed E-state index contributed by atoms with van der Waals surface area (Å²) < 4.78 is 30.3. The van der Waals surface area contributed by atoms with Gasteiger partial charge in [0, 0.05) is 28.5 Å². The lowest BCUT2D eigenvalue weighted by Gasteiger charge is -2.34. The first-order valence-corrected chi connectivity index (χ1v) is 18.4. The summed E-state index contributed by atoms with van der Waals surface area (Å²) >= 11 is 16.4. The Kier molecular flexibility index (Phi) is 11.7. The second-order valence-electron chi connectivity index (χ2n) is 11.8. The summed E-state index contributed by atoms with van der Waals surface area (Å²) in [6.45, 7) is 1.30. The zero-order valence-electron chi connectivity index (χ0n) is 25.9. The summed E-state index contributed by atoms with van der Waals surface area (Å²) in [5.41, 5.74) is 2.58. The number of anilines is 1. The number of hydrogen-bond donors (Lipinski definition) is 1. The molecule has 0 aromatic heterocycles. The molecule has 0 aliphatic heterocycles. The maximum Gasteiger partial charge on any atom is 0.264 e. The monoisotopic (exact) mass is 755 g/mol. The Bertz CT molecular complexity index is 1820. The van der Waals surface area contributed by atoms with Crippen LogP contribution in [0.25, 0.3) is 0 Å². The van der Waals surface area contributed by atoms with Crippen molar-refractivity contribution in [1.82, 2.24) is 10.2 Å². The van der Waals surface area contributed by atoms with Gasteiger partial charge in [-0.25, -0.2) is 8.42 Å². The van der Waals surface area contributed by atoms with Crippen molar-refractivity contribution in [2.24, 2.45) is 0 Å². The lowest BCUT2D eigenvalue weighted by Crippen LogP contribution is -2.54. The number of nitrogens with one attached hydrogen (secondary N) is 1. The largest absolute Gasteiger partial charge is 0.352 e. The van der Waals surface area contributed by atoms with Gasteiger partial charge in [-0.3, -0.25) is 13.9 Å². The van der Waals surface area contributed by atoms with E-state index in [-0.39, 0.29) is 45.5 Å². The van der Waals surface area contributed by atoms with Crippen LogP contribution in [0.2, 0.25) is 10.0 Å². The third-order valence-electron chi connectivity index (χ3n) is 8.28. The predicted octanol–water partition coefficient (Wildman–Crippen LogP) is 7.96. The molecule has 1 fully saturated rings. The summed E-state index contributed by atoms with van der Waals surface area (Å²) in [4.78, 5) is 30.3. The number of amides is 2. The SMILES string of the molecule is Cc1ccc(S(=O)(=O)N(CC(=O)N(Cc2cccc(Br)c2)[C@@H](Cc2ccccc2)C(=O)NC2CCCC2)c2cc(Cl)ccc2Cl)cc1. The van der Waals surface area contributed by atoms with Crippen molar-refractivity contribution in [3.63, 3.8) is 0 Å². The highest BCUT2D eigenvalue weighted by Gasteiger charge is 2.36.